The number of aliphatic hydroxyl groups excluding tert-OH is 1. The predicted molar refractivity (Wildman–Crippen MR) is 126 cm³/mol. The van der Waals surface area contributed by atoms with E-state index in [1.165, 1.54) is 0 Å². The highest BCUT2D eigenvalue weighted by Crippen LogP contribution is 2.31. The molecule has 1 saturated heterocycles. The SMILES string of the molecule is C[C@@H]1C(OCc2ccccc2)[C@H](O)OC(COCc2ccccc2)[C@@H]1OCc1ccccc1. The fourth-order valence-electron chi connectivity index (χ4n) is 4.15. The highest BCUT2D eigenvalue weighted by Gasteiger charge is 2.44. The Morgan fingerprint density at radius 3 is 1.64 bits per heavy atom. The lowest BCUT2D eigenvalue weighted by atomic mass is 9.90. The molecule has 1 aliphatic rings. The highest BCUT2D eigenvalue weighted by molar-refractivity contribution is 5.15. The van der Waals surface area contributed by atoms with Crippen LogP contribution in [0.5, 0.6) is 0 Å². The van der Waals surface area contributed by atoms with Crippen LogP contribution in [0, 0.1) is 5.92 Å². The normalized spacial score (nSPS) is 25.1. The molecule has 2 unspecified atom stereocenters. The van der Waals surface area contributed by atoms with Gasteiger partial charge in [-0.25, -0.2) is 0 Å². The van der Waals surface area contributed by atoms with Crippen molar-refractivity contribution in [1.82, 2.24) is 0 Å². The third-order valence-electron chi connectivity index (χ3n) is 5.96. The minimum atomic E-state index is -1.05. The molecule has 0 radical (unpaired) electrons. The first-order valence-electron chi connectivity index (χ1n) is 11.5. The van der Waals surface area contributed by atoms with Gasteiger partial charge in [-0.2, -0.15) is 0 Å². The lowest BCUT2D eigenvalue weighted by Crippen LogP contribution is -2.56. The maximum atomic E-state index is 10.7. The van der Waals surface area contributed by atoms with Gasteiger partial charge >= 0.3 is 0 Å². The van der Waals surface area contributed by atoms with Crippen LogP contribution < -0.4 is 0 Å². The third kappa shape index (κ3) is 6.73. The standard InChI is InChI=1S/C28H32O5/c1-21-26(31-18-23-13-7-3-8-14-23)25(20-30-17-22-11-5-2-6-12-22)33-28(29)27(21)32-19-24-15-9-4-10-16-24/h2-16,21,25-29H,17-20H2,1H3/t21-,25?,26+,27?,28+/m0/s1. The zero-order chi connectivity index (χ0) is 22.9. The third-order valence-corrected chi connectivity index (χ3v) is 5.96. The average Bonchev–Trinajstić information content (AvgIpc) is 2.85. The summed E-state index contributed by atoms with van der Waals surface area (Å²) in [5.74, 6) is -0.0912. The predicted octanol–water partition coefficient (Wildman–Crippen LogP) is 4.73. The average molecular weight is 449 g/mol. The van der Waals surface area contributed by atoms with Crippen molar-refractivity contribution in [1.29, 1.82) is 0 Å². The lowest BCUT2D eigenvalue weighted by Gasteiger charge is -2.43. The Balaban J connectivity index is 1.41. The molecule has 5 nitrogen and oxygen atoms in total. The van der Waals surface area contributed by atoms with Gasteiger partial charge in [-0.1, -0.05) is 97.9 Å². The quantitative estimate of drug-likeness (QED) is 0.486. The maximum absolute atomic E-state index is 10.7. The topological polar surface area (TPSA) is 57.2 Å². The summed E-state index contributed by atoms with van der Waals surface area (Å²) in [6.45, 7) is 3.69. The van der Waals surface area contributed by atoms with Crippen molar-refractivity contribution in [2.45, 2.75) is 51.3 Å². The summed E-state index contributed by atoms with van der Waals surface area (Å²) in [4.78, 5) is 0. The number of benzene rings is 3. The summed E-state index contributed by atoms with van der Waals surface area (Å²) >= 11 is 0. The van der Waals surface area contributed by atoms with Gasteiger partial charge in [0, 0.05) is 5.92 Å². The minimum Gasteiger partial charge on any atom is -0.374 e. The molecule has 1 heterocycles. The van der Waals surface area contributed by atoms with E-state index in [0.717, 1.165) is 16.7 Å². The molecular formula is C28H32O5. The van der Waals surface area contributed by atoms with Crippen LogP contribution in [0.2, 0.25) is 0 Å². The van der Waals surface area contributed by atoms with Gasteiger partial charge in [-0.15, -0.1) is 0 Å². The Hall–Kier alpha value is -2.54. The van der Waals surface area contributed by atoms with Crippen LogP contribution in [0.1, 0.15) is 23.6 Å². The van der Waals surface area contributed by atoms with Crippen molar-refractivity contribution in [2.75, 3.05) is 6.61 Å². The largest absolute Gasteiger partial charge is 0.374 e. The van der Waals surface area contributed by atoms with E-state index < -0.39 is 18.5 Å². The van der Waals surface area contributed by atoms with Crippen LogP contribution in [0.3, 0.4) is 0 Å². The Labute approximate surface area is 195 Å². The monoisotopic (exact) mass is 448 g/mol. The highest BCUT2D eigenvalue weighted by atomic mass is 16.7. The van der Waals surface area contributed by atoms with Gasteiger partial charge in [0.05, 0.1) is 32.5 Å². The van der Waals surface area contributed by atoms with E-state index in [2.05, 4.69) is 0 Å². The molecule has 0 saturated carbocycles. The maximum Gasteiger partial charge on any atom is 0.182 e. The summed E-state index contributed by atoms with van der Waals surface area (Å²) in [6, 6.07) is 30.0. The number of hydrogen-bond donors (Lipinski definition) is 1. The first-order chi connectivity index (χ1) is 16.2. The van der Waals surface area contributed by atoms with Crippen molar-refractivity contribution in [3.63, 3.8) is 0 Å². The van der Waals surface area contributed by atoms with Gasteiger partial charge in [0.25, 0.3) is 0 Å². The zero-order valence-corrected chi connectivity index (χ0v) is 19.0. The summed E-state index contributed by atoms with van der Waals surface area (Å²) in [5, 5.41) is 10.7. The second-order valence-corrected chi connectivity index (χ2v) is 8.45. The molecular weight excluding hydrogens is 416 g/mol. The van der Waals surface area contributed by atoms with Gasteiger partial charge in [0.2, 0.25) is 0 Å². The Morgan fingerprint density at radius 2 is 1.12 bits per heavy atom. The van der Waals surface area contributed by atoms with Gasteiger partial charge in [0.15, 0.2) is 6.29 Å². The van der Waals surface area contributed by atoms with E-state index in [0.29, 0.717) is 26.4 Å². The van der Waals surface area contributed by atoms with Crippen molar-refractivity contribution in [2.24, 2.45) is 5.92 Å². The van der Waals surface area contributed by atoms with Crippen molar-refractivity contribution >= 4 is 0 Å². The van der Waals surface area contributed by atoms with Crippen LogP contribution >= 0.6 is 0 Å². The number of aliphatic hydroxyl groups is 1. The molecule has 3 aromatic carbocycles. The molecule has 0 spiro atoms. The van der Waals surface area contributed by atoms with Crippen LogP contribution in [-0.2, 0) is 38.8 Å². The molecule has 5 atom stereocenters. The molecule has 5 heteroatoms. The van der Waals surface area contributed by atoms with Crippen LogP contribution in [0.25, 0.3) is 0 Å². The second-order valence-electron chi connectivity index (χ2n) is 8.45. The molecule has 1 N–H and O–H groups in total. The van der Waals surface area contributed by atoms with Gasteiger partial charge in [-0.05, 0) is 16.7 Å². The number of hydrogen-bond acceptors (Lipinski definition) is 5. The molecule has 0 amide bonds. The fraction of sp³-hybridized carbons (Fsp3) is 0.357. The second kappa shape index (κ2) is 12.1. The Kier molecular flexibility index (Phi) is 8.64. The van der Waals surface area contributed by atoms with Crippen molar-refractivity contribution < 1.29 is 24.1 Å². The van der Waals surface area contributed by atoms with Gasteiger partial charge < -0.3 is 24.1 Å². The molecule has 1 aliphatic heterocycles. The van der Waals surface area contributed by atoms with Crippen molar-refractivity contribution in [3.05, 3.63) is 108 Å². The molecule has 0 aliphatic carbocycles. The van der Waals surface area contributed by atoms with Crippen LogP contribution in [0.4, 0.5) is 0 Å². The van der Waals surface area contributed by atoms with Crippen LogP contribution in [0.15, 0.2) is 91.0 Å². The van der Waals surface area contributed by atoms with E-state index in [4.69, 9.17) is 18.9 Å². The lowest BCUT2D eigenvalue weighted by molar-refractivity contribution is -0.294. The Morgan fingerprint density at radius 1 is 0.667 bits per heavy atom. The van der Waals surface area contributed by atoms with Gasteiger partial charge in [-0.3, -0.25) is 0 Å². The smallest absolute Gasteiger partial charge is 0.182 e. The zero-order valence-electron chi connectivity index (χ0n) is 19.0. The summed E-state index contributed by atoms with van der Waals surface area (Å²) in [7, 11) is 0. The van der Waals surface area contributed by atoms with Crippen molar-refractivity contribution in [3.8, 4) is 0 Å². The first-order valence-corrected chi connectivity index (χ1v) is 11.5. The van der Waals surface area contributed by atoms with Crippen LogP contribution in [-0.4, -0.2) is 36.3 Å². The number of ether oxygens (including phenoxy) is 4. The van der Waals surface area contributed by atoms with E-state index in [1.807, 2.05) is 97.9 Å². The summed E-state index contributed by atoms with van der Waals surface area (Å²) in [6.07, 6.45) is -2.24. The molecule has 33 heavy (non-hydrogen) atoms. The molecule has 0 bridgehead atoms. The Bertz CT molecular complexity index is 932. The fourth-order valence-corrected chi connectivity index (χ4v) is 4.15. The van der Waals surface area contributed by atoms with E-state index in [9.17, 15) is 5.11 Å². The van der Waals surface area contributed by atoms with E-state index in [-0.39, 0.29) is 12.0 Å². The minimum absolute atomic E-state index is 0.0912. The summed E-state index contributed by atoms with van der Waals surface area (Å²) < 4.78 is 24.4. The summed E-state index contributed by atoms with van der Waals surface area (Å²) in [5.41, 5.74) is 3.22. The molecule has 4 rings (SSSR count). The molecule has 3 aromatic rings. The molecule has 0 aromatic heterocycles. The van der Waals surface area contributed by atoms with E-state index >= 15 is 0 Å². The number of rotatable bonds is 10. The molecule has 1 fully saturated rings. The van der Waals surface area contributed by atoms with E-state index in [1.54, 1.807) is 0 Å². The molecule has 174 valence electrons. The van der Waals surface area contributed by atoms with Gasteiger partial charge in [0.1, 0.15) is 12.2 Å². The first kappa shape index (κ1) is 23.6.